The van der Waals surface area contributed by atoms with Crippen molar-refractivity contribution in [1.29, 1.82) is 0 Å². The number of amides is 1. The van der Waals surface area contributed by atoms with Crippen LogP contribution in [0, 0.1) is 6.92 Å². The van der Waals surface area contributed by atoms with Crippen molar-refractivity contribution in [2.45, 2.75) is 31.6 Å². The van der Waals surface area contributed by atoms with E-state index in [1.54, 1.807) is 30.3 Å². The number of nitrogens with zero attached hydrogens (tertiary/aromatic N) is 1. The third-order valence-electron chi connectivity index (χ3n) is 5.10. The van der Waals surface area contributed by atoms with Crippen molar-refractivity contribution in [2.75, 3.05) is 24.0 Å². The van der Waals surface area contributed by atoms with E-state index in [9.17, 15) is 13.2 Å². The minimum absolute atomic E-state index is 0.133. The first-order chi connectivity index (χ1) is 15.9. The summed E-state index contributed by atoms with van der Waals surface area (Å²) in [5.74, 6) is 0.328. The molecule has 0 heterocycles. The second-order valence-corrected chi connectivity index (χ2v) is 9.61. The van der Waals surface area contributed by atoms with Crippen LogP contribution in [0.15, 0.2) is 83.8 Å². The molecule has 3 aromatic rings. The maximum absolute atomic E-state index is 13.3. The quantitative estimate of drug-likeness (QED) is 0.427. The highest BCUT2D eigenvalue weighted by atomic mass is 32.2. The molecule has 0 saturated heterocycles. The Hall–Kier alpha value is -3.32. The molecule has 0 fully saturated rings. The molecule has 3 aromatic carbocycles. The maximum atomic E-state index is 13.3. The predicted octanol–water partition coefficient (Wildman–Crippen LogP) is 4.34. The zero-order valence-corrected chi connectivity index (χ0v) is 19.8. The SMILES string of the molecule is CCCc1ccc(OCCNC(=O)CN(c2ccc(C)cc2)S(=O)(=O)c2ccccc2)cc1. The van der Waals surface area contributed by atoms with Gasteiger partial charge in [0.15, 0.2) is 0 Å². The molecule has 0 aliphatic rings. The van der Waals surface area contributed by atoms with Gasteiger partial charge in [-0.1, -0.05) is 61.4 Å². The molecule has 0 radical (unpaired) electrons. The van der Waals surface area contributed by atoms with Crippen molar-refractivity contribution in [3.8, 4) is 5.75 Å². The number of aryl methyl sites for hydroxylation is 2. The molecule has 0 spiro atoms. The van der Waals surface area contributed by atoms with Crippen LogP contribution in [-0.2, 0) is 21.2 Å². The predicted molar refractivity (Wildman–Crippen MR) is 131 cm³/mol. The maximum Gasteiger partial charge on any atom is 0.264 e. The van der Waals surface area contributed by atoms with E-state index in [4.69, 9.17) is 4.74 Å². The van der Waals surface area contributed by atoms with Crippen LogP contribution >= 0.6 is 0 Å². The Labute approximate surface area is 196 Å². The van der Waals surface area contributed by atoms with Crippen LogP contribution in [0.4, 0.5) is 5.69 Å². The summed E-state index contributed by atoms with van der Waals surface area (Å²) in [4.78, 5) is 12.8. The van der Waals surface area contributed by atoms with Gasteiger partial charge in [0.25, 0.3) is 10.0 Å². The van der Waals surface area contributed by atoms with Crippen molar-refractivity contribution in [2.24, 2.45) is 0 Å². The van der Waals surface area contributed by atoms with Crippen LogP contribution in [0.5, 0.6) is 5.75 Å². The largest absolute Gasteiger partial charge is 0.492 e. The Balaban J connectivity index is 1.62. The van der Waals surface area contributed by atoms with Gasteiger partial charge in [0.2, 0.25) is 5.91 Å². The lowest BCUT2D eigenvalue weighted by Gasteiger charge is -2.24. The number of carbonyl (C=O) groups excluding carboxylic acids is 1. The van der Waals surface area contributed by atoms with Gasteiger partial charge in [0.1, 0.15) is 18.9 Å². The molecule has 0 atom stereocenters. The van der Waals surface area contributed by atoms with Gasteiger partial charge in [-0.05, 0) is 55.3 Å². The minimum atomic E-state index is -3.90. The summed E-state index contributed by atoms with van der Waals surface area (Å²) in [5, 5.41) is 2.75. The van der Waals surface area contributed by atoms with Crippen LogP contribution in [0.3, 0.4) is 0 Å². The number of carbonyl (C=O) groups is 1. The van der Waals surface area contributed by atoms with Crippen molar-refractivity contribution in [3.63, 3.8) is 0 Å². The molecule has 1 N–H and O–H groups in total. The molecule has 0 aliphatic heterocycles. The molecule has 0 aliphatic carbocycles. The van der Waals surface area contributed by atoms with E-state index in [1.807, 2.05) is 43.3 Å². The van der Waals surface area contributed by atoms with Crippen LogP contribution in [-0.4, -0.2) is 34.0 Å². The van der Waals surface area contributed by atoms with Crippen molar-refractivity contribution < 1.29 is 17.9 Å². The number of rotatable bonds is 11. The molecule has 3 rings (SSSR count). The summed E-state index contributed by atoms with van der Waals surface area (Å²) in [5.41, 5.74) is 2.69. The smallest absolute Gasteiger partial charge is 0.264 e. The average Bonchev–Trinajstić information content (AvgIpc) is 2.83. The number of sulfonamides is 1. The molecule has 33 heavy (non-hydrogen) atoms. The lowest BCUT2D eigenvalue weighted by Crippen LogP contribution is -2.41. The van der Waals surface area contributed by atoms with E-state index in [2.05, 4.69) is 12.2 Å². The molecular weight excluding hydrogens is 436 g/mol. The summed E-state index contributed by atoms with van der Waals surface area (Å²) < 4.78 is 33.3. The number of nitrogens with one attached hydrogen (secondary N) is 1. The number of hydrogen-bond acceptors (Lipinski definition) is 4. The standard InChI is InChI=1S/C26H30N2O4S/c1-3-7-22-12-16-24(17-13-22)32-19-18-27-26(29)20-28(23-14-10-21(2)11-15-23)33(30,31)25-8-5-4-6-9-25/h4-6,8-17H,3,7,18-20H2,1-2H3,(H,27,29). The van der Waals surface area contributed by atoms with Gasteiger partial charge in [-0.25, -0.2) is 8.42 Å². The number of ether oxygens (including phenoxy) is 1. The van der Waals surface area contributed by atoms with Crippen molar-refractivity contribution in [3.05, 3.63) is 90.0 Å². The highest BCUT2D eigenvalue weighted by molar-refractivity contribution is 7.92. The fourth-order valence-electron chi connectivity index (χ4n) is 3.33. The molecular formula is C26H30N2O4S. The molecule has 6 nitrogen and oxygen atoms in total. The normalized spacial score (nSPS) is 11.1. The van der Waals surface area contributed by atoms with Gasteiger partial charge in [0.05, 0.1) is 17.1 Å². The topological polar surface area (TPSA) is 75.7 Å². The van der Waals surface area contributed by atoms with E-state index in [1.165, 1.54) is 17.7 Å². The Morgan fingerprint density at radius 3 is 2.24 bits per heavy atom. The molecule has 174 valence electrons. The first kappa shape index (κ1) is 24.3. The fraction of sp³-hybridized carbons (Fsp3) is 0.269. The van der Waals surface area contributed by atoms with Gasteiger partial charge < -0.3 is 10.1 Å². The van der Waals surface area contributed by atoms with E-state index in [-0.39, 0.29) is 24.6 Å². The number of anilines is 1. The molecule has 0 bridgehead atoms. The van der Waals surface area contributed by atoms with Gasteiger partial charge in [-0.3, -0.25) is 9.10 Å². The van der Waals surface area contributed by atoms with E-state index < -0.39 is 15.9 Å². The molecule has 0 saturated carbocycles. The van der Waals surface area contributed by atoms with Crippen molar-refractivity contribution >= 4 is 21.6 Å². The van der Waals surface area contributed by atoms with Crippen LogP contribution in [0.1, 0.15) is 24.5 Å². The molecule has 7 heteroatoms. The first-order valence-corrected chi connectivity index (χ1v) is 12.5. The molecule has 0 aromatic heterocycles. The summed E-state index contributed by atoms with van der Waals surface area (Å²) in [7, 11) is -3.90. The van der Waals surface area contributed by atoms with Gasteiger partial charge in [0, 0.05) is 0 Å². The van der Waals surface area contributed by atoms with E-state index in [0.717, 1.165) is 28.5 Å². The van der Waals surface area contributed by atoms with Crippen LogP contribution < -0.4 is 14.4 Å². The molecule has 1 amide bonds. The van der Waals surface area contributed by atoms with Crippen LogP contribution in [0.2, 0.25) is 0 Å². The second-order valence-electron chi connectivity index (χ2n) is 7.75. The third-order valence-corrected chi connectivity index (χ3v) is 6.88. The summed E-state index contributed by atoms with van der Waals surface area (Å²) in [6.45, 7) is 4.28. The summed E-state index contributed by atoms with van der Waals surface area (Å²) >= 11 is 0. The first-order valence-electron chi connectivity index (χ1n) is 11.0. The highest BCUT2D eigenvalue weighted by Crippen LogP contribution is 2.23. The zero-order valence-electron chi connectivity index (χ0n) is 19.0. The van der Waals surface area contributed by atoms with Crippen LogP contribution in [0.25, 0.3) is 0 Å². The average molecular weight is 467 g/mol. The summed E-state index contributed by atoms with van der Waals surface area (Å²) in [6, 6.07) is 23.1. The Morgan fingerprint density at radius 1 is 0.939 bits per heavy atom. The Kier molecular flexibility index (Phi) is 8.49. The molecule has 0 unspecified atom stereocenters. The Bertz CT molecular complexity index is 1130. The minimum Gasteiger partial charge on any atom is -0.492 e. The third kappa shape index (κ3) is 6.83. The lowest BCUT2D eigenvalue weighted by atomic mass is 10.1. The number of hydrogen-bond donors (Lipinski definition) is 1. The van der Waals surface area contributed by atoms with E-state index >= 15 is 0 Å². The lowest BCUT2D eigenvalue weighted by molar-refractivity contribution is -0.119. The Morgan fingerprint density at radius 2 is 1.61 bits per heavy atom. The van der Waals surface area contributed by atoms with E-state index in [0.29, 0.717) is 5.69 Å². The number of benzene rings is 3. The fourth-order valence-corrected chi connectivity index (χ4v) is 4.77. The second kappa shape index (κ2) is 11.5. The highest BCUT2D eigenvalue weighted by Gasteiger charge is 2.26. The monoisotopic (exact) mass is 466 g/mol. The van der Waals surface area contributed by atoms with Crippen molar-refractivity contribution in [1.82, 2.24) is 5.32 Å². The van der Waals surface area contributed by atoms with Gasteiger partial charge in [-0.2, -0.15) is 0 Å². The van der Waals surface area contributed by atoms with Gasteiger partial charge >= 0.3 is 0 Å². The zero-order chi connectivity index (χ0) is 23.7. The summed E-state index contributed by atoms with van der Waals surface area (Å²) in [6.07, 6.45) is 2.12. The van der Waals surface area contributed by atoms with Gasteiger partial charge in [-0.15, -0.1) is 0 Å².